The van der Waals surface area contributed by atoms with Gasteiger partial charge >= 0.3 is 5.97 Å². The standard InChI is InChI=1S/C16H21ClN2O5S/c1-3-25(22,23)19-8-4-5-12(10-19)15(20)18-14-9-11(16(21)24-2)6-7-13(14)17/h6-7,9,12H,3-5,8,10H2,1-2H3,(H,18,20). The zero-order valence-electron chi connectivity index (χ0n) is 14.1. The second kappa shape index (κ2) is 8.16. The number of nitrogens with one attached hydrogen (secondary N) is 1. The average molecular weight is 389 g/mol. The monoisotopic (exact) mass is 388 g/mol. The third kappa shape index (κ3) is 4.71. The molecule has 1 saturated heterocycles. The Hall–Kier alpha value is -1.64. The molecule has 0 saturated carbocycles. The Kier molecular flexibility index (Phi) is 6.42. The number of ether oxygens (including phenoxy) is 1. The highest BCUT2D eigenvalue weighted by molar-refractivity contribution is 7.89. The number of nitrogens with zero attached hydrogens (tertiary/aromatic N) is 1. The number of carbonyl (C=O) groups is 2. The molecule has 1 aliphatic rings. The highest BCUT2D eigenvalue weighted by Gasteiger charge is 2.31. The number of anilines is 1. The highest BCUT2D eigenvalue weighted by atomic mass is 35.5. The zero-order chi connectivity index (χ0) is 18.6. The van der Waals surface area contributed by atoms with Crippen molar-refractivity contribution in [2.45, 2.75) is 19.8 Å². The Morgan fingerprint density at radius 1 is 1.40 bits per heavy atom. The predicted molar refractivity (Wildman–Crippen MR) is 95.2 cm³/mol. The van der Waals surface area contributed by atoms with Gasteiger partial charge in [0, 0.05) is 13.1 Å². The molecule has 9 heteroatoms. The molecule has 0 bridgehead atoms. The number of sulfonamides is 1. The summed E-state index contributed by atoms with van der Waals surface area (Å²) in [6.07, 6.45) is 1.21. The molecule has 0 aliphatic carbocycles. The van der Waals surface area contributed by atoms with E-state index in [0.29, 0.717) is 25.1 Å². The number of hydrogen-bond donors (Lipinski definition) is 1. The summed E-state index contributed by atoms with van der Waals surface area (Å²) in [5.74, 6) is -1.31. The number of methoxy groups -OCH3 is 1. The van der Waals surface area contributed by atoms with Crippen molar-refractivity contribution in [1.82, 2.24) is 4.31 Å². The maximum atomic E-state index is 12.5. The third-order valence-corrected chi connectivity index (χ3v) is 6.34. The topological polar surface area (TPSA) is 92.8 Å². The van der Waals surface area contributed by atoms with Crippen molar-refractivity contribution in [3.05, 3.63) is 28.8 Å². The third-order valence-electron chi connectivity index (χ3n) is 4.16. The van der Waals surface area contributed by atoms with Gasteiger partial charge in [-0.05, 0) is 38.0 Å². The number of piperidine rings is 1. The molecule has 1 heterocycles. The summed E-state index contributed by atoms with van der Waals surface area (Å²) in [6, 6.07) is 4.44. The molecule has 1 atom stereocenters. The first-order valence-corrected chi connectivity index (χ1v) is 9.93. The minimum Gasteiger partial charge on any atom is -0.465 e. The van der Waals surface area contributed by atoms with Gasteiger partial charge in [0.2, 0.25) is 15.9 Å². The highest BCUT2D eigenvalue weighted by Crippen LogP contribution is 2.26. The lowest BCUT2D eigenvalue weighted by atomic mass is 9.98. The lowest BCUT2D eigenvalue weighted by Gasteiger charge is -2.31. The van der Waals surface area contributed by atoms with Crippen LogP contribution in [0.4, 0.5) is 5.69 Å². The largest absolute Gasteiger partial charge is 0.465 e. The smallest absolute Gasteiger partial charge is 0.337 e. The predicted octanol–water partition coefficient (Wildman–Crippen LogP) is 2.13. The minimum atomic E-state index is -3.32. The van der Waals surface area contributed by atoms with Gasteiger partial charge in [-0.2, -0.15) is 0 Å². The van der Waals surface area contributed by atoms with Gasteiger partial charge < -0.3 is 10.1 Å². The van der Waals surface area contributed by atoms with Gasteiger partial charge in [-0.25, -0.2) is 17.5 Å². The molecule has 1 aromatic carbocycles. The zero-order valence-corrected chi connectivity index (χ0v) is 15.7. The SMILES string of the molecule is CCS(=O)(=O)N1CCCC(C(=O)Nc2cc(C(=O)OC)ccc2Cl)C1. The summed E-state index contributed by atoms with van der Waals surface area (Å²) >= 11 is 6.08. The van der Waals surface area contributed by atoms with Crippen LogP contribution in [0.25, 0.3) is 0 Å². The second-order valence-corrected chi connectivity index (χ2v) is 8.44. The first-order chi connectivity index (χ1) is 11.8. The molecule has 0 radical (unpaired) electrons. The fraction of sp³-hybridized carbons (Fsp3) is 0.500. The molecule has 7 nitrogen and oxygen atoms in total. The Balaban J connectivity index is 2.13. The van der Waals surface area contributed by atoms with Crippen LogP contribution in [0.15, 0.2) is 18.2 Å². The normalized spacial score (nSPS) is 18.6. The van der Waals surface area contributed by atoms with E-state index in [1.165, 1.54) is 29.6 Å². The molecular weight excluding hydrogens is 368 g/mol. The van der Waals surface area contributed by atoms with Crippen molar-refractivity contribution in [1.29, 1.82) is 0 Å². The lowest BCUT2D eigenvalue weighted by Crippen LogP contribution is -2.44. The van der Waals surface area contributed by atoms with Crippen molar-refractivity contribution in [3.8, 4) is 0 Å². The van der Waals surface area contributed by atoms with Crippen molar-refractivity contribution in [2.24, 2.45) is 5.92 Å². The van der Waals surface area contributed by atoms with Gasteiger partial charge in [-0.15, -0.1) is 0 Å². The fourth-order valence-electron chi connectivity index (χ4n) is 2.69. The minimum absolute atomic E-state index is 0.00828. The lowest BCUT2D eigenvalue weighted by molar-refractivity contribution is -0.120. The molecule has 138 valence electrons. The van der Waals surface area contributed by atoms with E-state index in [0.717, 1.165) is 0 Å². The van der Waals surface area contributed by atoms with Crippen LogP contribution < -0.4 is 5.32 Å². The summed E-state index contributed by atoms with van der Waals surface area (Å²) < 4.78 is 30.0. The quantitative estimate of drug-likeness (QED) is 0.780. The van der Waals surface area contributed by atoms with Gasteiger partial charge in [0.15, 0.2) is 0 Å². The number of hydrogen-bond acceptors (Lipinski definition) is 5. The van der Waals surface area contributed by atoms with Crippen LogP contribution >= 0.6 is 11.6 Å². The Labute approximate surface area is 152 Å². The van der Waals surface area contributed by atoms with Gasteiger partial charge in [-0.1, -0.05) is 11.6 Å². The Morgan fingerprint density at radius 2 is 2.12 bits per heavy atom. The van der Waals surface area contributed by atoms with Crippen LogP contribution in [0.2, 0.25) is 5.02 Å². The van der Waals surface area contributed by atoms with E-state index in [2.05, 4.69) is 10.1 Å². The summed E-state index contributed by atoms with van der Waals surface area (Å²) in [5.41, 5.74) is 0.561. The molecule has 1 unspecified atom stereocenters. The molecule has 1 amide bonds. The summed E-state index contributed by atoms with van der Waals surface area (Å²) in [4.78, 5) is 24.1. The summed E-state index contributed by atoms with van der Waals surface area (Å²) in [7, 11) is -2.06. The van der Waals surface area contributed by atoms with Gasteiger partial charge in [0.05, 0.1) is 35.1 Å². The number of amides is 1. The molecule has 1 fully saturated rings. The van der Waals surface area contributed by atoms with E-state index in [-0.39, 0.29) is 28.8 Å². The average Bonchev–Trinajstić information content (AvgIpc) is 2.62. The maximum Gasteiger partial charge on any atom is 0.337 e. The van der Waals surface area contributed by atoms with Crippen LogP contribution in [0.5, 0.6) is 0 Å². The first kappa shape index (κ1) is 19.7. The fourth-order valence-corrected chi connectivity index (χ4v) is 4.04. The van der Waals surface area contributed by atoms with Crippen LogP contribution in [-0.2, 0) is 19.6 Å². The first-order valence-electron chi connectivity index (χ1n) is 7.95. The van der Waals surface area contributed by atoms with E-state index in [4.69, 9.17) is 11.6 Å². The molecular formula is C16H21ClN2O5S. The molecule has 25 heavy (non-hydrogen) atoms. The second-order valence-electron chi connectivity index (χ2n) is 5.77. The van der Waals surface area contributed by atoms with Crippen molar-refractivity contribution < 1.29 is 22.7 Å². The number of rotatable bonds is 5. The van der Waals surface area contributed by atoms with Gasteiger partial charge in [-0.3, -0.25) is 4.79 Å². The molecule has 1 N–H and O–H groups in total. The summed E-state index contributed by atoms with van der Waals surface area (Å²) in [5, 5.41) is 2.98. The number of carbonyl (C=O) groups excluding carboxylic acids is 2. The number of halogens is 1. The van der Waals surface area contributed by atoms with E-state index >= 15 is 0 Å². The van der Waals surface area contributed by atoms with Crippen LogP contribution in [0.1, 0.15) is 30.1 Å². The number of esters is 1. The summed E-state index contributed by atoms with van der Waals surface area (Å²) in [6.45, 7) is 2.16. The van der Waals surface area contributed by atoms with Crippen LogP contribution in [0.3, 0.4) is 0 Å². The van der Waals surface area contributed by atoms with Crippen molar-refractivity contribution in [2.75, 3.05) is 31.3 Å². The molecule has 0 aromatic heterocycles. The van der Waals surface area contributed by atoms with E-state index in [9.17, 15) is 18.0 Å². The van der Waals surface area contributed by atoms with Crippen molar-refractivity contribution >= 4 is 39.2 Å². The molecule has 0 spiro atoms. The molecule has 2 rings (SSSR count). The van der Waals surface area contributed by atoms with Crippen LogP contribution in [-0.4, -0.2) is 50.6 Å². The number of benzene rings is 1. The molecule has 1 aliphatic heterocycles. The molecule has 1 aromatic rings. The van der Waals surface area contributed by atoms with E-state index in [1.807, 2.05) is 0 Å². The van der Waals surface area contributed by atoms with E-state index in [1.54, 1.807) is 6.92 Å². The van der Waals surface area contributed by atoms with Crippen molar-refractivity contribution in [3.63, 3.8) is 0 Å². The van der Waals surface area contributed by atoms with Gasteiger partial charge in [0.1, 0.15) is 0 Å². The van der Waals surface area contributed by atoms with Crippen LogP contribution in [0, 0.1) is 5.92 Å². The van der Waals surface area contributed by atoms with E-state index < -0.39 is 21.9 Å². The van der Waals surface area contributed by atoms with Gasteiger partial charge in [0.25, 0.3) is 0 Å². The Bertz CT molecular complexity index is 766. The Morgan fingerprint density at radius 3 is 2.76 bits per heavy atom. The maximum absolute atomic E-state index is 12.5.